The number of hydrogen-bond acceptors (Lipinski definition) is 5. The van der Waals surface area contributed by atoms with Crippen LogP contribution in [-0.4, -0.2) is 55.5 Å². The molecule has 0 aromatic rings. The highest BCUT2D eigenvalue weighted by Crippen LogP contribution is 2.42. The van der Waals surface area contributed by atoms with Crippen LogP contribution in [0.2, 0.25) is 0 Å². The molecule has 1 fully saturated rings. The lowest BCUT2D eigenvalue weighted by Gasteiger charge is -2.28. The molecule has 0 aromatic heterocycles. The van der Waals surface area contributed by atoms with Crippen molar-refractivity contribution in [3.8, 4) is 0 Å². The zero-order valence-corrected chi connectivity index (χ0v) is 15.1. The van der Waals surface area contributed by atoms with Crippen LogP contribution in [0.15, 0.2) is 23.5 Å². The number of rotatable bonds is 9. The molecule has 2 rings (SSSR count). The quantitative estimate of drug-likeness (QED) is 0.620. The number of ether oxygens (including phenoxy) is 1. The van der Waals surface area contributed by atoms with Crippen LogP contribution in [0.5, 0.6) is 0 Å². The van der Waals surface area contributed by atoms with Crippen molar-refractivity contribution in [2.45, 2.75) is 45.7 Å². The fourth-order valence-electron chi connectivity index (χ4n) is 3.61. The van der Waals surface area contributed by atoms with Crippen molar-refractivity contribution < 1.29 is 14.3 Å². The summed E-state index contributed by atoms with van der Waals surface area (Å²) in [6.07, 6.45) is 2.29. The maximum atomic E-state index is 12.7. The standard InChI is InChI=1S/C18H29N3O3/c1-11(10-24-5)19-8-9-20-18(23)17-13(3)21(15-6-7-15)12(2)16(17)14(4)22/h13,15,17,19H,1,6-10H2,2-5H3,(H,20,23). The van der Waals surface area contributed by atoms with Gasteiger partial charge in [-0.15, -0.1) is 0 Å². The van der Waals surface area contributed by atoms with E-state index in [1.165, 1.54) is 0 Å². The van der Waals surface area contributed by atoms with Gasteiger partial charge in [-0.05, 0) is 33.6 Å². The van der Waals surface area contributed by atoms with Crippen molar-refractivity contribution >= 4 is 11.7 Å². The highest BCUT2D eigenvalue weighted by atomic mass is 16.5. The zero-order valence-electron chi connectivity index (χ0n) is 15.1. The van der Waals surface area contributed by atoms with Gasteiger partial charge in [0.15, 0.2) is 5.78 Å². The van der Waals surface area contributed by atoms with E-state index < -0.39 is 0 Å². The first-order chi connectivity index (χ1) is 11.4. The minimum absolute atomic E-state index is 0.00533. The van der Waals surface area contributed by atoms with Crippen LogP contribution in [-0.2, 0) is 14.3 Å². The highest BCUT2D eigenvalue weighted by molar-refractivity contribution is 6.01. The molecule has 0 saturated heterocycles. The Morgan fingerprint density at radius 2 is 1.92 bits per heavy atom. The molecule has 1 heterocycles. The van der Waals surface area contributed by atoms with Gasteiger partial charge in [0.2, 0.25) is 5.91 Å². The van der Waals surface area contributed by atoms with Crippen LogP contribution in [0.1, 0.15) is 33.6 Å². The molecule has 1 saturated carbocycles. The topological polar surface area (TPSA) is 70.7 Å². The van der Waals surface area contributed by atoms with Gasteiger partial charge in [-0.3, -0.25) is 9.59 Å². The number of ketones is 1. The van der Waals surface area contributed by atoms with Gasteiger partial charge in [-0.2, -0.15) is 0 Å². The molecule has 6 nitrogen and oxygen atoms in total. The molecule has 1 aliphatic carbocycles. The Kier molecular flexibility index (Phi) is 6.04. The normalized spacial score (nSPS) is 23.4. The Hall–Kier alpha value is -1.82. The Balaban J connectivity index is 1.95. The van der Waals surface area contributed by atoms with Gasteiger partial charge in [0, 0.05) is 49.3 Å². The first kappa shape index (κ1) is 18.5. The number of carbonyl (C=O) groups is 2. The fourth-order valence-corrected chi connectivity index (χ4v) is 3.61. The lowest BCUT2D eigenvalue weighted by atomic mass is 9.91. The summed E-state index contributed by atoms with van der Waals surface area (Å²) < 4.78 is 4.97. The summed E-state index contributed by atoms with van der Waals surface area (Å²) in [6.45, 7) is 10.9. The van der Waals surface area contributed by atoms with Crippen LogP contribution < -0.4 is 10.6 Å². The van der Waals surface area contributed by atoms with Gasteiger partial charge < -0.3 is 20.3 Å². The third-order valence-electron chi connectivity index (χ3n) is 4.73. The molecule has 2 N–H and O–H groups in total. The van der Waals surface area contributed by atoms with Gasteiger partial charge in [-0.1, -0.05) is 6.58 Å². The smallest absolute Gasteiger partial charge is 0.229 e. The molecular weight excluding hydrogens is 306 g/mol. The van der Waals surface area contributed by atoms with E-state index in [1.807, 2.05) is 13.8 Å². The summed E-state index contributed by atoms with van der Waals surface area (Å²) in [6, 6.07) is 0.527. The summed E-state index contributed by atoms with van der Waals surface area (Å²) in [4.78, 5) is 27.0. The maximum Gasteiger partial charge on any atom is 0.229 e. The lowest BCUT2D eigenvalue weighted by molar-refractivity contribution is -0.126. The average Bonchev–Trinajstić information content (AvgIpc) is 3.29. The SMILES string of the molecule is C=C(COC)NCCNC(=O)C1C(C(C)=O)=C(C)N(C2CC2)C1C. The molecule has 2 aliphatic rings. The van der Waals surface area contributed by atoms with E-state index in [9.17, 15) is 9.59 Å². The molecule has 0 bridgehead atoms. The first-order valence-electron chi connectivity index (χ1n) is 8.56. The second-order valence-corrected chi connectivity index (χ2v) is 6.67. The zero-order chi connectivity index (χ0) is 17.9. The number of allylic oxidation sites excluding steroid dienone is 1. The second-order valence-electron chi connectivity index (χ2n) is 6.67. The number of nitrogens with one attached hydrogen (secondary N) is 2. The third kappa shape index (κ3) is 3.98. The highest BCUT2D eigenvalue weighted by Gasteiger charge is 2.46. The van der Waals surface area contributed by atoms with E-state index in [-0.39, 0.29) is 23.7 Å². The number of hydrogen-bond donors (Lipinski definition) is 2. The van der Waals surface area contributed by atoms with Gasteiger partial charge in [0.05, 0.1) is 12.5 Å². The summed E-state index contributed by atoms with van der Waals surface area (Å²) in [5.41, 5.74) is 2.42. The van der Waals surface area contributed by atoms with Gasteiger partial charge >= 0.3 is 0 Å². The van der Waals surface area contributed by atoms with E-state index in [1.54, 1.807) is 14.0 Å². The molecule has 0 spiro atoms. The van der Waals surface area contributed by atoms with Crippen molar-refractivity contribution in [3.05, 3.63) is 23.5 Å². The Bertz CT molecular complexity index is 552. The Labute approximate surface area is 144 Å². The molecule has 2 atom stereocenters. The predicted molar refractivity (Wildman–Crippen MR) is 93.2 cm³/mol. The number of Topliss-reactive ketones (excluding diaryl/α,β-unsaturated/α-hetero) is 1. The van der Waals surface area contributed by atoms with Crippen LogP contribution >= 0.6 is 0 Å². The van der Waals surface area contributed by atoms with Crippen molar-refractivity contribution in [1.29, 1.82) is 0 Å². The Morgan fingerprint density at radius 1 is 1.29 bits per heavy atom. The molecule has 0 aromatic carbocycles. The number of amides is 1. The summed E-state index contributed by atoms with van der Waals surface area (Å²) in [5.74, 6) is -0.464. The van der Waals surface area contributed by atoms with E-state index in [0.717, 1.165) is 24.2 Å². The minimum atomic E-state index is -0.384. The largest absolute Gasteiger partial charge is 0.385 e. The van der Waals surface area contributed by atoms with Crippen LogP contribution in [0.3, 0.4) is 0 Å². The molecule has 2 unspecified atom stereocenters. The molecule has 24 heavy (non-hydrogen) atoms. The van der Waals surface area contributed by atoms with Crippen molar-refractivity contribution in [1.82, 2.24) is 15.5 Å². The lowest BCUT2D eigenvalue weighted by Crippen LogP contribution is -2.43. The van der Waals surface area contributed by atoms with Crippen LogP contribution in [0, 0.1) is 5.92 Å². The average molecular weight is 335 g/mol. The monoisotopic (exact) mass is 335 g/mol. The summed E-state index contributed by atoms with van der Waals surface area (Å²) >= 11 is 0. The number of methoxy groups -OCH3 is 1. The minimum Gasteiger partial charge on any atom is -0.385 e. The van der Waals surface area contributed by atoms with Crippen molar-refractivity contribution in [2.24, 2.45) is 5.92 Å². The molecule has 1 aliphatic heterocycles. The predicted octanol–water partition coefficient (Wildman–Crippen LogP) is 1.20. The Morgan fingerprint density at radius 3 is 2.46 bits per heavy atom. The molecule has 6 heteroatoms. The second kappa shape index (κ2) is 7.83. The molecule has 1 amide bonds. The van der Waals surface area contributed by atoms with E-state index in [0.29, 0.717) is 31.3 Å². The van der Waals surface area contributed by atoms with Gasteiger partial charge in [-0.25, -0.2) is 0 Å². The van der Waals surface area contributed by atoms with Crippen molar-refractivity contribution in [2.75, 3.05) is 26.8 Å². The van der Waals surface area contributed by atoms with Crippen LogP contribution in [0.25, 0.3) is 0 Å². The number of carbonyl (C=O) groups excluding carboxylic acids is 2. The van der Waals surface area contributed by atoms with Gasteiger partial charge in [0.1, 0.15) is 0 Å². The summed E-state index contributed by atoms with van der Waals surface area (Å²) in [5, 5.41) is 6.04. The van der Waals surface area contributed by atoms with Crippen LogP contribution in [0.4, 0.5) is 0 Å². The molecule has 134 valence electrons. The first-order valence-corrected chi connectivity index (χ1v) is 8.56. The van der Waals surface area contributed by atoms with E-state index >= 15 is 0 Å². The summed E-state index contributed by atoms with van der Waals surface area (Å²) in [7, 11) is 1.61. The number of nitrogens with zero attached hydrogens (tertiary/aromatic N) is 1. The van der Waals surface area contributed by atoms with E-state index in [2.05, 4.69) is 22.1 Å². The maximum absolute atomic E-state index is 12.7. The fraction of sp³-hybridized carbons (Fsp3) is 0.667. The van der Waals surface area contributed by atoms with Gasteiger partial charge in [0.25, 0.3) is 0 Å². The third-order valence-corrected chi connectivity index (χ3v) is 4.73. The molecule has 0 radical (unpaired) electrons. The van der Waals surface area contributed by atoms with E-state index in [4.69, 9.17) is 4.74 Å². The van der Waals surface area contributed by atoms with Crippen molar-refractivity contribution in [3.63, 3.8) is 0 Å². The molecular formula is C18H29N3O3.